The first-order valence-electron chi connectivity index (χ1n) is 10.7. The highest BCUT2D eigenvalue weighted by Gasteiger charge is 2.22. The number of hydrogen-bond donors (Lipinski definition) is 0. The standard InChI is InChI=1S/C25H32ClF/c1-2-3-4-5-6-7-19-8-10-20(11-9-19)22-14-17-24(25(27)18-22)21-12-15-23(26)16-13-21/h12-20H,2-11H2,1H3/t19-,20-. The summed E-state index contributed by atoms with van der Waals surface area (Å²) in [5, 5.41) is 0.679. The lowest BCUT2D eigenvalue weighted by Gasteiger charge is -2.29. The highest BCUT2D eigenvalue weighted by molar-refractivity contribution is 6.30. The van der Waals surface area contributed by atoms with Crippen molar-refractivity contribution in [1.29, 1.82) is 0 Å². The zero-order chi connectivity index (χ0) is 19.1. The van der Waals surface area contributed by atoms with Crippen LogP contribution < -0.4 is 0 Å². The van der Waals surface area contributed by atoms with Crippen molar-refractivity contribution in [3.63, 3.8) is 0 Å². The predicted molar refractivity (Wildman–Crippen MR) is 115 cm³/mol. The van der Waals surface area contributed by atoms with Gasteiger partial charge in [-0.25, -0.2) is 4.39 Å². The Labute approximate surface area is 169 Å². The molecule has 0 atom stereocenters. The molecule has 1 saturated carbocycles. The summed E-state index contributed by atoms with van der Waals surface area (Å²) in [7, 11) is 0. The van der Waals surface area contributed by atoms with E-state index in [4.69, 9.17) is 11.6 Å². The summed E-state index contributed by atoms with van der Waals surface area (Å²) in [5.41, 5.74) is 2.72. The van der Waals surface area contributed by atoms with E-state index >= 15 is 0 Å². The number of halogens is 2. The molecule has 3 rings (SSSR count). The third-order valence-electron chi connectivity index (χ3n) is 6.18. The minimum atomic E-state index is -0.118. The smallest absolute Gasteiger partial charge is 0.131 e. The van der Waals surface area contributed by atoms with Gasteiger partial charge in [0.2, 0.25) is 0 Å². The maximum absolute atomic E-state index is 14.7. The van der Waals surface area contributed by atoms with Gasteiger partial charge in [0.1, 0.15) is 5.82 Å². The molecule has 0 spiro atoms. The van der Waals surface area contributed by atoms with Crippen LogP contribution in [-0.4, -0.2) is 0 Å². The quantitative estimate of drug-likeness (QED) is 0.397. The Balaban J connectivity index is 1.52. The number of rotatable bonds is 8. The van der Waals surface area contributed by atoms with E-state index in [-0.39, 0.29) is 5.82 Å². The molecule has 1 fully saturated rings. The van der Waals surface area contributed by atoms with E-state index in [2.05, 4.69) is 13.0 Å². The second-order valence-electron chi connectivity index (χ2n) is 8.17. The molecule has 0 bridgehead atoms. The molecule has 0 heterocycles. The van der Waals surface area contributed by atoms with Crippen molar-refractivity contribution in [3.8, 4) is 11.1 Å². The zero-order valence-electron chi connectivity index (χ0n) is 16.5. The lowest BCUT2D eigenvalue weighted by molar-refractivity contribution is 0.301. The summed E-state index contributed by atoms with van der Waals surface area (Å²) in [6.45, 7) is 2.27. The second-order valence-corrected chi connectivity index (χ2v) is 8.60. The Kier molecular flexibility index (Phi) is 7.76. The zero-order valence-corrected chi connectivity index (χ0v) is 17.3. The average Bonchev–Trinajstić information content (AvgIpc) is 2.69. The van der Waals surface area contributed by atoms with Crippen molar-refractivity contribution in [2.24, 2.45) is 5.92 Å². The summed E-state index contributed by atoms with van der Waals surface area (Å²) in [5.74, 6) is 1.30. The highest BCUT2D eigenvalue weighted by Crippen LogP contribution is 2.39. The van der Waals surface area contributed by atoms with E-state index < -0.39 is 0 Å². The maximum Gasteiger partial charge on any atom is 0.131 e. The van der Waals surface area contributed by atoms with Crippen LogP contribution in [0.3, 0.4) is 0 Å². The summed E-state index contributed by atoms with van der Waals surface area (Å²) in [6, 6.07) is 13.2. The SMILES string of the molecule is CCCCCCC[C@H]1CC[C@H](c2ccc(-c3ccc(Cl)cc3)c(F)c2)CC1. The van der Waals surface area contributed by atoms with Crippen molar-refractivity contribution >= 4 is 11.6 Å². The number of benzene rings is 2. The monoisotopic (exact) mass is 386 g/mol. The molecule has 0 N–H and O–H groups in total. The molecule has 0 aliphatic heterocycles. The first-order valence-corrected chi connectivity index (χ1v) is 11.1. The number of unbranched alkanes of at least 4 members (excludes halogenated alkanes) is 4. The Hall–Kier alpha value is -1.34. The van der Waals surface area contributed by atoms with Gasteiger partial charge in [-0.3, -0.25) is 0 Å². The van der Waals surface area contributed by atoms with Crippen LogP contribution in [0.4, 0.5) is 4.39 Å². The Morgan fingerprint density at radius 3 is 2.26 bits per heavy atom. The van der Waals surface area contributed by atoms with Gasteiger partial charge < -0.3 is 0 Å². The van der Waals surface area contributed by atoms with Gasteiger partial charge in [-0.15, -0.1) is 0 Å². The van der Waals surface area contributed by atoms with Crippen molar-refractivity contribution < 1.29 is 4.39 Å². The highest BCUT2D eigenvalue weighted by atomic mass is 35.5. The van der Waals surface area contributed by atoms with Crippen LogP contribution in [0.1, 0.15) is 82.6 Å². The third kappa shape index (κ3) is 5.82. The molecule has 2 heteroatoms. The van der Waals surface area contributed by atoms with E-state index in [9.17, 15) is 4.39 Å². The van der Waals surface area contributed by atoms with Gasteiger partial charge in [0.15, 0.2) is 0 Å². The first-order chi connectivity index (χ1) is 13.2. The Morgan fingerprint density at radius 1 is 0.889 bits per heavy atom. The van der Waals surface area contributed by atoms with Gasteiger partial charge in [-0.1, -0.05) is 81.3 Å². The lowest BCUT2D eigenvalue weighted by Crippen LogP contribution is -2.13. The molecule has 1 aliphatic rings. The summed E-state index contributed by atoms with van der Waals surface area (Å²) in [6.07, 6.45) is 13.3. The Bertz CT molecular complexity index is 699. The molecule has 0 radical (unpaired) electrons. The molecule has 0 aromatic heterocycles. The summed E-state index contributed by atoms with van der Waals surface area (Å²) in [4.78, 5) is 0. The molecule has 0 nitrogen and oxygen atoms in total. The van der Waals surface area contributed by atoms with Gasteiger partial charge in [0, 0.05) is 10.6 Å². The lowest BCUT2D eigenvalue weighted by atomic mass is 9.77. The normalized spacial score (nSPS) is 20.0. The molecule has 0 amide bonds. The average molecular weight is 387 g/mol. The van der Waals surface area contributed by atoms with Crippen molar-refractivity contribution in [2.45, 2.75) is 77.0 Å². The van der Waals surface area contributed by atoms with Gasteiger partial charge in [-0.2, -0.15) is 0 Å². The molecular formula is C25H32ClF. The molecule has 27 heavy (non-hydrogen) atoms. The van der Waals surface area contributed by atoms with E-state index in [0.29, 0.717) is 16.5 Å². The van der Waals surface area contributed by atoms with Crippen LogP contribution in [0.15, 0.2) is 42.5 Å². The van der Waals surface area contributed by atoms with E-state index in [1.807, 2.05) is 30.3 Å². The second kappa shape index (κ2) is 10.3. The Morgan fingerprint density at radius 2 is 1.59 bits per heavy atom. The minimum Gasteiger partial charge on any atom is -0.206 e. The van der Waals surface area contributed by atoms with Crippen LogP contribution in [-0.2, 0) is 0 Å². The van der Waals surface area contributed by atoms with Gasteiger partial charge >= 0.3 is 0 Å². The molecule has 1 aliphatic carbocycles. The van der Waals surface area contributed by atoms with Crippen molar-refractivity contribution in [2.75, 3.05) is 0 Å². The fraction of sp³-hybridized carbons (Fsp3) is 0.520. The molecule has 2 aromatic rings. The van der Waals surface area contributed by atoms with Gasteiger partial charge in [0.05, 0.1) is 0 Å². The summed E-state index contributed by atoms with van der Waals surface area (Å²) >= 11 is 5.94. The topological polar surface area (TPSA) is 0 Å². The molecule has 0 saturated heterocycles. The molecule has 2 aromatic carbocycles. The van der Waals surface area contributed by atoms with Crippen LogP contribution in [0, 0.1) is 11.7 Å². The fourth-order valence-electron chi connectivity index (χ4n) is 4.47. The van der Waals surface area contributed by atoms with Gasteiger partial charge in [0.25, 0.3) is 0 Å². The van der Waals surface area contributed by atoms with Crippen LogP contribution in [0.2, 0.25) is 5.02 Å². The van der Waals surface area contributed by atoms with Crippen LogP contribution in [0.5, 0.6) is 0 Å². The fourth-order valence-corrected chi connectivity index (χ4v) is 4.60. The predicted octanol–water partition coefficient (Wildman–Crippen LogP) is 8.78. The van der Waals surface area contributed by atoms with E-state index in [1.165, 1.54) is 69.8 Å². The largest absolute Gasteiger partial charge is 0.206 e. The van der Waals surface area contributed by atoms with Crippen LogP contribution >= 0.6 is 11.6 Å². The van der Waals surface area contributed by atoms with Crippen molar-refractivity contribution in [3.05, 3.63) is 58.9 Å². The summed E-state index contributed by atoms with van der Waals surface area (Å²) < 4.78 is 14.7. The van der Waals surface area contributed by atoms with E-state index in [1.54, 1.807) is 6.07 Å². The minimum absolute atomic E-state index is 0.118. The number of hydrogen-bond acceptors (Lipinski definition) is 0. The third-order valence-corrected chi connectivity index (χ3v) is 6.43. The first kappa shape index (κ1) is 20.4. The molecular weight excluding hydrogens is 355 g/mol. The van der Waals surface area contributed by atoms with Crippen molar-refractivity contribution in [1.82, 2.24) is 0 Å². The molecule has 0 unspecified atom stereocenters. The van der Waals surface area contributed by atoms with E-state index in [0.717, 1.165) is 11.5 Å². The van der Waals surface area contributed by atoms with Crippen LogP contribution in [0.25, 0.3) is 11.1 Å². The molecule has 146 valence electrons. The van der Waals surface area contributed by atoms with Gasteiger partial charge in [-0.05, 0) is 66.8 Å². The maximum atomic E-state index is 14.7.